The zero-order chi connectivity index (χ0) is 14.3. The van der Waals surface area contributed by atoms with Crippen LogP contribution in [0.3, 0.4) is 0 Å². The van der Waals surface area contributed by atoms with Gasteiger partial charge in [0.15, 0.2) is 0 Å². The first-order valence-corrected chi connectivity index (χ1v) is 7.37. The minimum Gasteiger partial charge on any atom is -0.348 e. The Morgan fingerprint density at radius 3 is 2.71 bits per heavy atom. The number of nitrogens with one attached hydrogen (secondary N) is 1. The van der Waals surface area contributed by atoms with Gasteiger partial charge in [0, 0.05) is 19.1 Å². The molecule has 2 aliphatic rings. The second-order valence-corrected chi connectivity index (χ2v) is 6.33. The minimum atomic E-state index is -0.428. The first kappa shape index (κ1) is 16.5. The SMILES string of the molecule is CN1C[C@H](NC(=O)c2ccc(F)cc2Cl)[C@@H](C2CC2)C1.Cl. The molecule has 1 saturated heterocycles. The molecule has 2 fully saturated rings. The molecule has 1 aromatic carbocycles. The molecular formula is C15H19Cl2FN2O. The summed E-state index contributed by atoms with van der Waals surface area (Å²) in [5.74, 6) is 0.640. The molecule has 1 aliphatic heterocycles. The summed E-state index contributed by atoms with van der Waals surface area (Å²) in [7, 11) is 2.08. The van der Waals surface area contributed by atoms with Gasteiger partial charge in [0.05, 0.1) is 10.6 Å². The lowest BCUT2D eigenvalue weighted by molar-refractivity contribution is 0.0928. The monoisotopic (exact) mass is 332 g/mol. The van der Waals surface area contributed by atoms with Gasteiger partial charge >= 0.3 is 0 Å². The van der Waals surface area contributed by atoms with Crippen molar-refractivity contribution < 1.29 is 9.18 Å². The van der Waals surface area contributed by atoms with Crippen molar-refractivity contribution in [3.05, 3.63) is 34.6 Å². The Morgan fingerprint density at radius 2 is 2.10 bits per heavy atom. The molecule has 0 aromatic heterocycles. The number of carbonyl (C=O) groups is 1. The Hall–Kier alpha value is -0.840. The number of hydrogen-bond acceptors (Lipinski definition) is 2. The van der Waals surface area contributed by atoms with E-state index in [0.717, 1.165) is 19.0 Å². The van der Waals surface area contributed by atoms with Gasteiger partial charge in [-0.15, -0.1) is 12.4 Å². The predicted octanol–water partition coefficient (Wildman–Crippen LogP) is 2.97. The Morgan fingerprint density at radius 1 is 1.38 bits per heavy atom. The van der Waals surface area contributed by atoms with E-state index in [4.69, 9.17) is 11.6 Å². The van der Waals surface area contributed by atoms with Crippen LogP contribution in [0.15, 0.2) is 18.2 Å². The fourth-order valence-corrected chi connectivity index (χ4v) is 3.36. The predicted molar refractivity (Wildman–Crippen MR) is 83.6 cm³/mol. The number of rotatable bonds is 3. The molecule has 0 spiro atoms. The Bertz CT molecular complexity index is 536. The molecular weight excluding hydrogens is 314 g/mol. The topological polar surface area (TPSA) is 32.3 Å². The van der Waals surface area contributed by atoms with Gasteiger partial charge in [0.1, 0.15) is 5.82 Å². The molecule has 0 bridgehead atoms. The van der Waals surface area contributed by atoms with Crippen LogP contribution in [-0.2, 0) is 0 Å². The van der Waals surface area contributed by atoms with Crippen molar-refractivity contribution >= 4 is 29.9 Å². The highest BCUT2D eigenvalue weighted by Gasteiger charge is 2.42. The second-order valence-electron chi connectivity index (χ2n) is 5.93. The van der Waals surface area contributed by atoms with Gasteiger partial charge in [-0.05, 0) is 49.9 Å². The van der Waals surface area contributed by atoms with E-state index in [2.05, 4.69) is 17.3 Å². The summed E-state index contributed by atoms with van der Waals surface area (Å²) in [4.78, 5) is 14.5. The summed E-state index contributed by atoms with van der Waals surface area (Å²) in [6, 6.07) is 4.05. The smallest absolute Gasteiger partial charge is 0.253 e. The maximum atomic E-state index is 13.0. The molecule has 1 N–H and O–H groups in total. The molecule has 0 radical (unpaired) electrons. The molecule has 1 aliphatic carbocycles. The fourth-order valence-electron chi connectivity index (χ4n) is 3.11. The molecule has 2 atom stereocenters. The van der Waals surface area contributed by atoms with Gasteiger partial charge in [-0.25, -0.2) is 4.39 Å². The van der Waals surface area contributed by atoms with E-state index < -0.39 is 5.82 Å². The normalized spacial score (nSPS) is 25.5. The fraction of sp³-hybridized carbons (Fsp3) is 0.533. The molecule has 1 aromatic rings. The van der Waals surface area contributed by atoms with E-state index in [9.17, 15) is 9.18 Å². The van der Waals surface area contributed by atoms with E-state index >= 15 is 0 Å². The second kappa shape index (κ2) is 6.51. The molecule has 6 heteroatoms. The number of halogens is 3. The number of nitrogens with zero attached hydrogens (tertiary/aromatic N) is 1. The Balaban J connectivity index is 0.00000161. The first-order valence-electron chi connectivity index (χ1n) is 6.99. The number of hydrogen-bond donors (Lipinski definition) is 1. The number of likely N-dealkylation sites (N-methyl/N-ethyl adjacent to an activating group) is 1. The van der Waals surface area contributed by atoms with Gasteiger partial charge in [0.2, 0.25) is 0 Å². The summed E-state index contributed by atoms with van der Waals surface area (Å²) < 4.78 is 13.0. The van der Waals surface area contributed by atoms with Crippen LogP contribution in [0.25, 0.3) is 0 Å². The average molecular weight is 333 g/mol. The Labute approximate surface area is 135 Å². The third-order valence-corrected chi connectivity index (χ3v) is 4.58. The van der Waals surface area contributed by atoms with Gasteiger partial charge < -0.3 is 10.2 Å². The highest BCUT2D eigenvalue weighted by atomic mass is 35.5. The summed E-state index contributed by atoms with van der Waals surface area (Å²) >= 11 is 5.94. The third-order valence-electron chi connectivity index (χ3n) is 4.27. The number of likely N-dealkylation sites (tertiary alicyclic amines) is 1. The lowest BCUT2D eigenvalue weighted by Crippen LogP contribution is -2.41. The van der Waals surface area contributed by atoms with Crippen LogP contribution >= 0.6 is 24.0 Å². The van der Waals surface area contributed by atoms with Crippen molar-refractivity contribution in [2.75, 3.05) is 20.1 Å². The van der Waals surface area contributed by atoms with Crippen molar-refractivity contribution in [1.29, 1.82) is 0 Å². The van der Waals surface area contributed by atoms with Crippen molar-refractivity contribution in [2.45, 2.75) is 18.9 Å². The van der Waals surface area contributed by atoms with E-state index in [1.54, 1.807) is 0 Å². The van der Waals surface area contributed by atoms with Crippen LogP contribution in [0, 0.1) is 17.7 Å². The summed E-state index contributed by atoms with van der Waals surface area (Å²) in [6.45, 7) is 1.90. The largest absolute Gasteiger partial charge is 0.348 e. The van der Waals surface area contributed by atoms with Gasteiger partial charge in [0.25, 0.3) is 5.91 Å². The number of carbonyl (C=O) groups excluding carboxylic acids is 1. The standard InChI is InChI=1S/C15H18ClFN2O.ClH/c1-19-7-12(9-2-3-9)14(8-19)18-15(20)11-5-4-10(17)6-13(11)16;/h4-6,9,12,14H,2-3,7-8H2,1H3,(H,18,20);1H/t12-,14+;/m1./s1. The molecule has 0 unspecified atom stereocenters. The summed E-state index contributed by atoms with van der Waals surface area (Å²) in [5, 5.41) is 3.23. The lowest BCUT2D eigenvalue weighted by Gasteiger charge is -2.19. The highest BCUT2D eigenvalue weighted by Crippen LogP contribution is 2.41. The van der Waals surface area contributed by atoms with Crippen molar-refractivity contribution in [3.8, 4) is 0 Å². The molecule has 3 nitrogen and oxygen atoms in total. The summed E-state index contributed by atoms with van der Waals surface area (Å²) in [5.41, 5.74) is 0.345. The van der Waals surface area contributed by atoms with Gasteiger partial charge in [-0.1, -0.05) is 11.6 Å². The summed E-state index contributed by atoms with van der Waals surface area (Å²) in [6.07, 6.45) is 2.53. The number of amides is 1. The van der Waals surface area contributed by atoms with Crippen molar-refractivity contribution in [2.24, 2.45) is 11.8 Å². The average Bonchev–Trinajstić information content (AvgIpc) is 3.14. The van der Waals surface area contributed by atoms with Gasteiger partial charge in [-0.3, -0.25) is 4.79 Å². The highest BCUT2D eigenvalue weighted by molar-refractivity contribution is 6.33. The molecule has 21 heavy (non-hydrogen) atoms. The molecule has 3 rings (SSSR count). The lowest BCUT2D eigenvalue weighted by atomic mass is 9.98. The van der Waals surface area contributed by atoms with Crippen LogP contribution in [0.5, 0.6) is 0 Å². The van der Waals surface area contributed by atoms with E-state index in [-0.39, 0.29) is 29.4 Å². The maximum Gasteiger partial charge on any atom is 0.253 e. The quantitative estimate of drug-likeness (QED) is 0.922. The first-order chi connectivity index (χ1) is 9.54. The molecule has 1 amide bonds. The van der Waals surface area contributed by atoms with Crippen LogP contribution in [0.4, 0.5) is 4.39 Å². The van der Waals surface area contributed by atoms with E-state index in [1.165, 1.54) is 31.0 Å². The zero-order valence-electron chi connectivity index (χ0n) is 11.8. The third kappa shape index (κ3) is 3.68. The molecule has 1 heterocycles. The number of benzene rings is 1. The van der Waals surface area contributed by atoms with Gasteiger partial charge in [-0.2, -0.15) is 0 Å². The Kier molecular flexibility index (Phi) is 5.12. The zero-order valence-corrected chi connectivity index (χ0v) is 13.4. The van der Waals surface area contributed by atoms with Crippen molar-refractivity contribution in [1.82, 2.24) is 10.2 Å². The van der Waals surface area contributed by atoms with E-state index in [0.29, 0.717) is 11.5 Å². The van der Waals surface area contributed by atoms with Crippen molar-refractivity contribution in [3.63, 3.8) is 0 Å². The van der Waals surface area contributed by atoms with Crippen LogP contribution in [-0.4, -0.2) is 37.0 Å². The minimum absolute atomic E-state index is 0. The molecule has 1 saturated carbocycles. The van der Waals surface area contributed by atoms with Crippen LogP contribution < -0.4 is 5.32 Å². The van der Waals surface area contributed by atoms with E-state index in [1.807, 2.05) is 0 Å². The molecule has 116 valence electrons. The van der Waals surface area contributed by atoms with Crippen LogP contribution in [0.1, 0.15) is 23.2 Å². The van der Waals surface area contributed by atoms with Crippen LogP contribution in [0.2, 0.25) is 5.02 Å². The maximum absolute atomic E-state index is 13.0.